The number of carbonyl (C=O) groups excluding carboxylic acids is 1. The van der Waals surface area contributed by atoms with Gasteiger partial charge in [-0.2, -0.15) is 5.10 Å². The van der Waals surface area contributed by atoms with E-state index in [2.05, 4.69) is 22.0 Å². The van der Waals surface area contributed by atoms with Gasteiger partial charge in [-0.1, -0.05) is 43.3 Å². The van der Waals surface area contributed by atoms with Crippen LogP contribution in [0.3, 0.4) is 0 Å². The van der Waals surface area contributed by atoms with Crippen molar-refractivity contribution >= 4 is 5.91 Å². The average molecular weight is 491 g/mol. The molecule has 0 bridgehead atoms. The lowest BCUT2D eigenvalue weighted by molar-refractivity contribution is 0.0354. The van der Waals surface area contributed by atoms with E-state index in [0.29, 0.717) is 30.3 Å². The van der Waals surface area contributed by atoms with Crippen molar-refractivity contribution in [3.05, 3.63) is 65.4 Å². The van der Waals surface area contributed by atoms with Gasteiger partial charge in [0.1, 0.15) is 5.69 Å². The Morgan fingerprint density at radius 1 is 1.08 bits per heavy atom. The number of nitrogens with one attached hydrogen (secondary N) is 1. The Morgan fingerprint density at radius 3 is 2.64 bits per heavy atom. The van der Waals surface area contributed by atoms with Crippen LogP contribution >= 0.6 is 0 Å². The Kier molecular flexibility index (Phi) is 7.53. The number of nitrogens with zero attached hydrogens (tertiary/aromatic N) is 3. The maximum absolute atomic E-state index is 13.6. The van der Waals surface area contributed by atoms with Crippen LogP contribution in [0.25, 0.3) is 11.3 Å². The highest BCUT2D eigenvalue weighted by molar-refractivity contribution is 6.00. The van der Waals surface area contributed by atoms with Gasteiger partial charge in [0, 0.05) is 37.3 Å². The van der Waals surface area contributed by atoms with E-state index in [1.807, 2.05) is 53.4 Å². The van der Waals surface area contributed by atoms with Crippen LogP contribution in [0.5, 0.6) is 11.5 Å². The van der Waals surface area contributed by atoms with Gasteiger partial charge >= 0.3 is 0 Å². The second-order valence-corrected chi connectivity index (χ2v) is 9.19. The predicted molar refractivity (Wildman–Crippen MR) is 138 cm³/mol. The van der Waals surface area contributed by atoms with Crippen LogP contribution in [0.1, 0.15) is 47.4 Å². The number of fused-ring (bicyclic) bond motifs is 1. The first-order valence-electron chi connectivity index (χ1n) is 12.8. The Hall–Kier alpha value is -3.36. The van der Waals surface area contributed by atoms with Gasteiger partial charge in [0.2, 0.25) is 0 Å². The number of morpholine rings is 1. The molecule has 2 aliphatic rings. The van der Waals surface area contributed by atoms with Gasteiger partial charge in [-0.15, -0.1) is 0 Å². The molecule has 3 heterocycles. The smallest absolute Gasteiger partial charge is 0.273 e. The minimum atomic E-state index is -0.264. The number of hydrogen-bond acceptors (Lipinski definition) is 6. The van der Waals surface area contributed by atoms with E-state index in [0.717, 1.165) is 68.1 Å². The van der Waals surface area contributed by atoms with Gasteiger partial charge in [0.05, 0.1) is 38.7 Å². The van der Waals surface area contributed by atoms with Gasteiger partial charge in [-0.3, -0.25) is 14.8 Å². The monoisotopic (exact) mass is 490 g/mol. The maximum atomic E-state index is 13.6. The number of hydrogen-bond donors (Lipinski definition) is 1. The van der Waals surface area contributed by atoms with Crippen LogP contribution in [-0.2, 0) is 4.74 Å². The molecule has 1 aromatic heterocycles. The highest BCUT2D eigenvalue weighted by Crippen LogP contribution is 2.44. The number of benzene rings is 2. The summed E-state index contributed by atoms with van der Waals surface area (Å²) in [5.74, 6) is 1.36. The van der Waals surface area contributed by atoms with Gasteiger partial charge < -0.3 is 19.1 Å². The minimum Gasteiger partial charge on any atom is -0.493 e. The Morgan fingerprint density at radius 2 is 1.89 bits per heavy atom. The number of rotatable bonds is 10. The van der Waals surface area contributed by atoms with E-state index in [-0.39, 0.29) is 11.9 Å². The summed E-state index contributed by atoms with van der Waals surface area (Å²) >= 11 is 0. The molecule has 3 aromatic rings. The van der Waals surface area contributed by atoms with Gasteiger partial charge in [0.15, 0.2) is 11.5 Å². The molecule has 8 heteroatoms. The van der Waals surface area contributed by atoms with E-state index >= 15 is 0 Å². The summed E-state index contributed by atoms with van der Waals surface area (Å²) in [6, 6.07) is 15.7. The number of aromatic amines is 1. The average Bonchev–Trinajstić information content (AvgIpc) is 3.47. The van der Waals surface area contributed by atoms with Gasteiger partial charge in [-0.25, -0.2) is 0 Å². The van der Waals surface area contributed by atoms with Crippen molar-refractivity contribution in [1.29, 1.82) is 0 Å². The lowest BCUT2D eigenvalue weighted by Crippen LogP contribution is -2.38. The summed E-state index contributed by atoms with van der Waals surface area (Å²) in [5, 5.41) is 7.62. The van der Waals surface area contributed by atoms with Crippen molar-refractivity contribution < 1.29 is 19.0 Å². The molecule has 0 saturated carbocycles. The van der Waals surface area contributed by atoms with Crippen molar-refractivity contribution in [3.8, 4) is 22.8 Å². The van der Waals surface area contributed by atoms with E-state index in [1.54, 1.807) is 7.11 Å². The molecule has 0 radical (unpaired) electrons. The van der Waals surface area contributed by atoms with Gasteiger partial charge in [0.25, 0.3) is 5.91 Å². The molecule has 2 aromatic carbocycles. The topological polar surface area (TPSA) is 79.9 Å². The fraction of sp³-hybridized carbons (Fsp3) is 0.429. The van der Waals surface area contributed by atoms with E-state index in [1.165, 1.54) is 0 Å². The predicted octanol–water partition coefficient (Wildman–Crippen LogP) is 4.14. The van der Waals surface area contributed by atoms with E-state index < -0.39 is 0 Å². The molecule has 1 fully saturated rings. The number of ether oxygens (including phenoxy) is 3. The molecule has 5 rings (SSSR count). The largest absolute Gasteiger partial charge is 0.493 e. The summed E-state index contributed by atoms with van der Waals surface area (Å²) in [6.07, 6.45) is 1.80. The van der Waals surface area contributed by atoms with Crippen molar-refractivity contribution in [2.45, 2.75) is 25.8 Å². The number of methoxy groups -OCH3 is 1. The van der Waals surface area contributed by atoms with Crippen LogP contribution in [-0.4, -0.2) is 79.0 Å². The first-order valence-corrected chi connectivity index (χ1v) is 12.8. The summed E-state index contributed by atoms with van der Waals surface area (Å²) in [7, 11) is 1.65. The fourth-order valence-electron chi connectivity index (χ4n) is 5.06. The zero-order valence-corrected chi connectivity index (χ0v) is 21.0. The number of amides is 1. The molecular formula is C28H34N4O4. The summed E-state index contributed by atoms with van der Waals surface area (Å²) in [4.78, 5) is 18.0. The lowest BCUT2D eigenvalue weighted by Gasteiger charge is -2.30. The molecular weight excluding hydrogens is 456 g/mol. The van der Waals surface area contributed by atoms with Crippen LogP contribution in [0.4, 0.5) is 0 Å². The molecule has 1 atom stereocenters. The van der Waals surface area contributed by atoms with Crippen LogP contribution in [0.2, 0.25) is 0 Å². The molecule has 1 N–H and O–H groups in total. The number of aromatic nitrogens is 2. The highest BCUT2D eigenvalue weighted by Gasteiger charge is 2.42. The number of carbonyl (C=O) groups is 1. The normalized spacial score (nSPS) is 17.9. The van der Waals surface area contributed by atoms with Crippen LogP contribution in [0, 0.1) is 0 Å². The number of H-pyrrole nitrogens is 1. The maximum Gasteiger partial charge on any atom is 0.273 e. The molecule has 36 heavy (non-hydrogen) atoms. The molecule has 1 saturated heterocycles. The van der Waals surface area contributed by atoms with Crippen molar-refractivity contribution in [2.24, 2.45) is 0 Å². The Bertz CT molecular complexity index is 1170. The molecule has 2 aliphatic heterocycles. The highest BCUT2D eigenvalue weighted by atomic mass is 16.5. The van der Waals surface area contributed by atoms with Crippen molar-refractivity contribution in [1.82, 2.24) is 20.0 Å². The standard InChI is InChI=1S/C28H34N4O4/c1-3-16-36-22-11-10-21(19-23(22)34-2)27-24-25(20-8-5-4-6-9-20)29-30-26(24)28(33)32(27)13-7-12-31-14-17-35-18-15-31/h4-6,8-11,19,27H,3,7,12-18H2,1-2H3,(H,29,30). The Balaban J connectivity index is 1.49. The van der Waals surface area contributed by atoms with Crippen LogP contribution in [0.15, 0.2) is 48.5 Å². The lowest BCUT2D eigenvalue weighted by atomic mass is 9.95. The zero-order valence-electron chi connectivity index (χ0n) is 21.0. The molecule has 8 nitrogen and oxygen atoms in total. The fourth-order valence-corrected chi connectivity index (χ4v) is 5.06. The van der Waals surface area contributed by atoms with E-state index in [9.17, 15) is 4.79 Å². The van der Waals surface area contributed by atoms with Gasteiger partial charge in [-0.05, 0) is 30.5 Å². The Labute approximate surface area is 212 Å². The first kappa shape index (κ1) is 24.3. The third-order valence-electron chi connectivity index (χ3n) is 6.85. The SMILES string of the molecule is CCCOc1ccc(C2c3c(-c4ccccc4)n[nH]c3C(=O)N2CCCN2CCOCC2)cc1OC. The summed E-state index contributed by atoms with van der Waals surface area (Å²) in [5.41, 5.74) is 4.26. The quantitative estimate of drug-likeness (QED) is 0.460. The third-order valence-corrected chi connectivity index (χ3v) is 6.85. The van der Waals surface area contributed by atoms with Crippen LogP contribution < -0.4 is 9.47 Å². The molecule has 190 valence electrons. The summed E-state index contributed by atoms with van der Waals surface area (Å²) < 4.78 is 17.0. The second kappa shape index (κ2) is 11.1. The minimum absolute atomic E-state index is 0.0167. The van der Waals surface area contributed by atoms with E-state index in [4.69, 9.17) is 14.2 Å². The molecule has 1 amide bonds. The molecule has 1 unspecified atom stereocenters. The third kappa shape index (κ3) is 4.83. The molecule has 0 aliphatic carbocycles. The van der Waals surface area contributed by atoms with Crippen molar-refractivity contribution in [2.75, 3.05) is 53.1 Å². The second-order valence-electron chi connectivity index (χ2n) is 9.19. The summed E-state index contributed by atoms with van der Waals surface area (Å²) in [6.45, 7) is 7.70. The molecule has 0 spiro atoms. The zero-order chi connectivity index (χ0) is 24.9. The van der Waals surface area contributed by atoms with Crippen molar-refractivity contribution in [3.63, 3.8) is 0 Å². The first-order chi connectivity index (χ1) is 17.7.